The molecule has 0 aliphatic heterocycles. The highest BCUT2D eigenvalue weighted by Gasteiger charge is 2.20. The van der Waals surface area contributed by atoms with Crippen LogP contribution in [0.15, 0.2) is 36.4 Å². The number of rotatable bonds is 5. The van der Waals surface area contributed by atoms with E-state index in [1.54, 1.807) is 20.3 Å². The highest BCUT2D eigenvalue weighted by molar-refractivity contribution is 5.91. The summed E-state index contributed by atoms with van der Waals surface area (Å²) in [4.78, 5) is 12.4. The van der Waals surface area contributed by atoms with Gasteiger partial charge in [-0.3, -0.25) is 0 Å². The van der Waals surface area contributed by atoms with E-state index in [0.717, 1.165) is 22.4 Å². The Morgan fingerprint density at radius 1 is 1.04 bits per heavy atom. The zero-order valence-corrected chi connectivity index (χ0v) is 16.4. The Kier molecular flexibility index (Phi) is 6.14. The minimum Gasteiger partial charge on any atom is -0.497 e. The lowest BCUT2D eigenvalue weighted by atomic mass is 9.84. The van der Waals surface area contributed by atoms with Crippen molar-refractivity contribution >= 4 is 11.7 Å². The summed E-state index contributed by atoms with van der Waals surface area (Å²) in [5.41, 5.74) is 3.85. The molecule has 0 atom stereocenters. The number of ether oxygens (including phenoxy) is 2. The summed E-state index contributed by atoms with van der Waals surface area (Å²) >= 11 is 0. The van der Waals surface area contributed by atoms with Gasteiger partial charge in [0.25, 0.3) is 0 Å². The van der Waals surface area contributed by atoms with Gasteiger partial charge in [-0.25, -0.2) is 4.79 Å². The summed E-state index contributed by atoms with van der Waals surface area (Å²) in [5.74, 6) is 1.38. The quantitative estimate of drug-likeness (QED) is 0.821. The van der Waals surface area contributed by atoms with Crippen molar-refractivity contribution in [2.75, 3.05) is 19.5 Å². The summed E-state index contributed by atoms with van der Waals surface area (Å²) < 4.78 is 10.5. The molecule has 5 heteroatoms. The number of carbonyl (C=O) groups excluding carboxylic acids is 1. The lowest BCUT2D eigenvalue weighted by Crippen LogP contribution is -2.30. The first-order chi connectivity index (χ1) is 12.2. The van der Waals surface area contributed by atoms with E-state index < -0.39 is 0 Å². The fourth-order valence-electron chi connectivity index (χ4n) is 2.77. The Morgan fingerprint density at radius 3 is 2.19 bits per heavy atom. The first kappa shape index (κ1) is 19.6. The molecule has 140 valence electrons. The molecular weight excluding hydrogens is 328 g/mol. The largest absolute Gasteiger partial charge is 0.497 e. The molecule has 0 saturated carbocycles. The molecule has 2 aromatic rings. The molecular formula is C21H28N2O3. The predicted octanol–water partition coefficient (Wildman–Crippen LogP) is 4.63. The molecule has 26 heavy (non-hydrogen) atoms. The fraction of sp³-hybridized carbons (Fsp3) is 0.381. The van der Waals surface area contributed by atoms with Crippen LogP contribution < -0.4 is 20.1 Å². The van der Waals surface area contributed by atoms with E-state index in [-0.39, 0.29) is 11.4 Å². The number of carbonyl (C=O) groups is 1. The second-order valence-electron chi connectivity index (χ2n) is 7.28. The standard InChI is InChI=1S/C21H28N2O3/c1-14-8-7-9-18(21(2,3)4)19(14)23-20(24)22-13-15-10-16(25-5)12-17(11-15)26-6/h7-12H,13H2,1-6H3,(H2,22,23,24). The maximum atomic E-state index is 12.4. The smallest absolute Gasteiger partial charge is 0.319 e. The van der Waals surface area contributed by atoms with Crippen LogP contribution in [0.5, 0.6) is 11.5 Å². The Bertz CT molecular complexity index is 757. The van der Waals surface area contributed by atoms with Gasteiger partial charge in [0.1, 0.15) is 11.5 Å². The van der Waals surface area contributed by atoms with E-state index in [2.05, 4.69) is 37.5 Å². The van der Waals surface area contributed by atoms with Gasteiger partial charge < -0.3 is 20.1 Å². The number of hydrogen-bond acceptors (Lipinski definition) is 3. The van der Waals surface area contributed by atoms with E-state index in [1.807, 2.05) is 31.2 Å². The van der Waals surface area contributed by atoms with E-state index in [0.29, 0.717) is 18.0 Å². The molecule has 0 aliphatic carbocycles. The average molecular weight is 356 g/mol. The highest BCUT2D eigenvalue weighted by Crippen LogP contribution is 2.31. The van der Waals surface area contributed by atoms with Gasteiger partial charge in [0.05, 0.1) is 14.2 Å². The summed E-state index contributed by atoms with van der Waals surface area (Å²) in [5, 5.41) is 5.90. The molecule has 0 bridgehead atoms. The third-order valence-corrected chi connectivity index (χ3v) is 4.18. The molecule has 2 aromatic carbocycles. The summed E-state index contributed by atoms with van der Waals surface area (Å²) in [6.45, 7) is 8.77. The minimum atomic E-state index is -0.244. The lowest BCUT2D eigenvalue weighted by Gasteiger charge is -2.24. The third kappa shape index (κ3) is 4.91. The van der Waals surface area contributed by atoms with Gasteiger partial charge in [0.15, 0.2) is 0 Å². The van der Waals surface area contributed by atoms with Crippen LogP contribution >= 0.6 is 0 Å². The molecule has 0 heterocycles. The lowest BCUT2D eigenvalue weighted by molar-refractivity contribution is 0.251. The summed E-state index contributed by atoms with van der Waals surface area (Å²) in [7, 11) is 3.20. The number of para-hydroxylation sites is 1. The molecule has 0 saturated heterocycles. The highest BCUT2D eigenvalue weighted by atomic mass is 16.5. The normalized spacial score (nSPS) is 11.0. The van der Waals surface area contributed by atoms with Crippen molar-refractivity contribution < 1.29 is 14.3 Å². The van der Waals surface area contributed by atoms with Gasteiger partial charge in [-0.15, -0.1) is 0 Å². The van der Waals surface area contributed by atoms with Crippen molar-refractivity contribution in [3.05, 3.63) is 53.1 Å². The van der Waals surface area contributed by atoms with Crippen molar-refractivity contribution in [1.82, 2.24) is 5.32 Å². The van der Waals surface area contributed by atoms with Crippen molar-refractivity contribution in [2.45, 2.75) is 39.7 Å². The van der Waals surface area contributed by atoms with E-state index in [4.69, 9.17) is 9.47 Å². The molecule has 0 aromatic heterocycles. The second-order valence-corrected chi connectivity index (χ2v) is 7.28. The molecule has 5 nitrogen and oxygen atoms in total. The number of hydrogen-bond donors (Lipinski definition) is 2. The molecule has 2 amide bonds. The molecule has 0 radical (unpaired) electrons. The van der Waals surface area contributed by atoms with Gasteiger partial charge >= 0.3 is 6.03 Å². The number of amides is 2. The number of anilines is 1. The Labute approximate surface area is 155 Å². The van der Waals surface area contributed by atoms with E-state index in [9.17, 15) is 4.79 Å². The number of methoxy groups -OCH3 is 2. The minimum absolute atomic E-state index is 0.0607. The van der Waals surface area contributed by atoms with Crippen molar-refractivity contribution in [2.24, 2.45) is 0 Å². The van der Waals surface area contributed by atoms with Crippen LogP contribution in [-0.4, -0.2) is 20.3 Å². The van der Waals surface area contributed by atoms with Crippen molar-refractivity contribution in [3.63, 3.8) is 0 Å². The molecule has 0 spiro atoms. The topological polar surface area (TPSA) is 59.6 Å². The van der Waals surface area contributed by atoms with Crippen molar-refractivity contribution in [3.8, 4) is 11.5 Å². The number of nitrogens with one attached hydrogen (secondary N) is 2. The zero-order valence-electron chi connectivity index (χ0n) is 16.4. The Morgan fingerprint density at radius 2 is 1.65 bits per heavy atom. The second kappa shape index (κ2) is 8.13. The molecule has 0 aliphatic rings. The van der Waals surface area contributed by atoms with Crippen molar-refractivity contribution in [1.29, 1.82) is 0 Å². The van der Waals surface area contributed by atoms with E-state index in [1.165, 1.54) is 0 Å². The number of aryl methyl sites for hydroxylation is 1. The summed E-state index contributed by atoms with van der Waals surface area (Å²) in [6.07, 6.45) is 0. The van der Waals surface area contributed by atoms with Gasteiger partial charge in [-0.1, -0.05) is 39.0 Å². The monoisotopic (exact) mass is 356 g/mol. The number of benzene rings is 2. The average Bonchev–Trinajstić information content (AvgIpc) is 2.60. The Balaban J connectivity index is 2.11. The van der Waals surface area contributed by atoms with Crippen LogP contribution in [0.2, 0.25) is 0 Å². The third-order valence-electron chi connectivity index (χ3n) is 4.18. The molecule has 0 fully saturated rings. The van der Waals surface area contributed by atoms with Crippen LogP contribution in [-0.2, 0) is 12.0 Å². The van der Waals surface area contributed by atoms with Crippen LogP contribution in [0.3, 0.4) is 0 Å². The first-order valence-corrected chi connectivity index (χ1v) is 8.61. The van der Waals surface area contributed by atoms with Crippen LogP contribution in [0.1, 0.15) is 37.5 Å². The zero-order chi connectivity index (χ0) is 19.3. The van der Waals surface area contributed by atoms with Gasteiger partial charge in [0, 0.05) is 18.3 Å². The molecule has 2 N–H and O–H groups in total. The Hall–Kier alpha value is -2.69. The van der Waals surface area contributed by atoms with E-state index >= 15 is 0 Å². The van der Waals surface area contributed by atoms with Crippen LogP contribution in [0, 0.1) is 6.92 Å². The van der Waals surface area contributed by atoms with Crippen LogP contribution in [0.4, 0.5) is 10.5 Å². The van der Waals surface area contributed by atoms with Gasteiger partial charge in [0.2, 0.25) is 0 Å². The maximum Gasteiger partial charge on any atom is 0.319 e. The van der Waals surface area contributed by atoms with Crippen LogP contribution in [0.25, 0.3) is 0 Å². The predicted molar refractivity (Wildman–Crippen MR) is 105 cm³/mol. The fourth-order valence-corrected chi connectivity index (χ4v) is 2.77. The summed E-state index contributed by atoms with van der Waals surface area (Å²) in [6, 6.07) is 11.4. The molecule has 2 rings (SSSR count). The van der Waals surface area contributed by atoms with Gasteiger partial charge in [-0.05, 0) is 41.2 Å². The maximum absolute atomic E-state index is 12.4. The SMILES string of the molecule is COc1cc(CNC(=O)Nc2c(C)cccc2C(C)(C)C)cc(OC)c1. The molecule has 0 unspecified atom stereocenters. The van der Waals surface area contributed by atoms with Gasteiger partial charge in [-0.2, -0.15) is 0 Å². The number of urea groups is 1. The first-order valence-electron chi connectivity index (χ1n) is 8.61.